The molecule has 0 aliphatic carbocycles. The number of para-hydroxylation sites is 1. The number of anilines is 1. The molecular weight excluding hydrogens is 238 g/mol. The molecule has 0 saturated carbocycles. The number of nitrogens with one attached hydrogen (secondary N) is 1. The summed E-state index contributed by atoms with van der Waals surface area (Å²) in [5.41, 5.74) is 4.74. The lowest BCUT2D eigenvalue weighted by molar-refractivity contribution is 1.18. The molecule has 0 aliphatic rings. The fraction of sp³-hybridized carbons (Fsp3) is 0. The van der Waals surface area contributed by atoms with Crippen molar-refractivity contribution in [2.75, 3.05) is 5.43 Å². The third-order valence-corrected chi connectivity index (χ3v) is 2.61. The van der Waals surface area contributed by atoms with E-state index < -0.39 is 0 Å². The Bertz CT molecular complexity index is 704. The molecule has 0 atom stereocenters. The molecule has 2 aromatic heterocycles. The van der Waals surface area contributed by atoms with Crippen LogP contribution in [0.1, 0.15) is 5.56 Å². The number of fused-ring (bicyclic) bond motifs is 1. The van der Waals surface area contributed by atoms with Gasteiger partial charge in [-0.3, -0.25) is 10.4 Å². The Hall–Kier alpha value is -2.82. The minimum Gasteiger partial charge on any atom is -0.264 e. The van der Waals surface area contributed by atoms with Crippen molar-refractivity contribution >= 4 is 22.9 Å². The maximum atomic E-state index is 4.20. The Morgan fingerprint density at radius 2 is 2.00 bits per heavy atom. The van der Waals surface area contributed by atoms with Crippen LogP contribution < -0.4 is 5.43 Å². The molecule has 5 nitrogen and oxygen atoms in total. The van der Waals surface area contributed by atoms with Crippen molar-refractivity contribution in [3.05, 3.63) is 60.7 Å². The molecular formula is C14H11N5. The summed E-state index contributed by atoms with van der Waals surface area (Å²) in [6.45, 7) is 0. The van der Waals surface area contributed by atoms with E-state index in [9.17, 15) is 0 Å². The van der Waals surface area contributed by atoms with Gasteiger partial charge in [-0.15, -0.1) is 0 Å². The summed E-state index contributed by atoms with van der Waals surface area (Å²) in [7, 11) is 0. The number of pyridine rings is 1. The lowest BCUT2D eigenvalue weighted by Gasteiger charge is -2.02. The summed E-state index contributed by atoms with van der Waals surface area (Å²) < 4.78 is 0. The van der Waals surface area contributed by atoms with Crippen LogP contribution in [-0.4, -0.2) is 21.2 Å². The van der Waals surface area contributed by atoms with E-state index >= 15 is 0 Å². The highest BCUT2D eigenvalue weighted by atomic mass is 15.3. The van der Waals surface area contributed by atoms with Crippen LogP contribution >= 0.6 is 0 Å². The minimum atomic E-state index is 0.686. The Morgan fingerprint density at radius 1 is 1.05 bits per heavy atom. The van der Waals surface area contributed by atoms with Gasteiger partial charge in [0.15, 0.2) is 5.82 Å². The molecule has 1 N–H and O–H groups in total. The number of hydrogen-bond acceptors (Lipinski definition) is 5. The second kappa shape index (κ2) is 5.22. The molecule has 0 saturated heterocycles. The van der Waals surface area contributed by atoms with E-state index in [4.69, 9.17) is 0 Å². The molecule has 92 valence electrons. The van der Waals surface area contributed by atoms with Crippen LogP contribution in [-0.2, 0) is 0 Å². The fourth-order valence-corrected chi connectivity index (χ4v) is 1.71. The van der Waals surface area contributed by atoms with E-state index in [1.54, 1.807) is 18.6 Å². The first kappa shape index (κ1) is 11.3. The summed E-state index contributed by atoms with van der Waals surface area (Å²) in [5.74, 6) is 0.686. The Morgan fingerprint density at radius 3 is 2.89 bits per heavy atom. The van der Waals surface area contributed by atoms with Crippen LogP contribution in [0.15, 0.2) is 60.2 Å². The number of benzene rings is 1. The van der Waals surface area contributed by atoms with Gasteiger partial charge in [-0.2, -0.15) is 5.10 Å². The highest BCUT2D eigenvalue weighted by Gasteiger charge is 2.00. The summed E-state index contributed by atoms with van der Waals surface area (Å²) in [6, 6.07) is 11.6. The van der Waals surface area contributed by atoms with Gasteiger partial charge >= 0.3 is 0 Å². The van der Waals surface area contributed by atoms with Crippen molar-refractivity contribution in [3.63, 3.8) is 0 Å². The normalized spacial score (nSPS) is 10.9. The number of aromatic nitrogens is 3. The first-order chi connectivity index (χ1) is 9.43. The highest BCUT2D eigenvalue weighted by Crippen LogP contribution is 2.17. The van der Waals surface area contributed by atoms with Crippen molar-refractivity contribution in [1.29, 1.82) is 0 Å². The van der Waals surface area contributed by atoms with Gasteiger partial charge in [-0.25, -0.2) is 9.97 Å². The average molecular weight is 249 g/mol. The summed E-state index contributed by atoms with van der Waals surface area (Å²) >= 11 is 0. The third kappa shape index (κ3) is 2.55. The monoisotopic (exact) mass is 249 g/mol. The molecule has 0 aliphatic heterocycles. The van der Waals surface area contributed by atoms with Crippen molar-refractivity contribution < 1.29 is 0 Å². The lowest BCUT2D eigenvalue weighted by atomic mass is 10.2. The molecule has 0 bridgehead atoms. The van der Waals surface area contributed by atoms with Crippen LogP contribution in [0.2, 0.25) is 0 Å². The smallest absolute Gasteiger partial charge is 0.157 e. The second-order valence-corrected chi connectivity index (χ2v) is 3.90. The molecule has 0 unspecified atom stereocenters. The van der Waals surface area contributed by atoms with Crippen molar-refractivity contribution in [1.82, 2.24) is 15.0 Å². The zero-order chi connectivity index (χ0) is 12.9. The second-order valence-electron chi connectivity index (χ2n) is 3.90. The molecule has 19 heavy (non-hydrogen) atoms. The van der Waals surface area contributed by atoms with Gasteiger partial charge in [0.25, 0.3) is 0 Å². The van der Waals surface area contributed by atoms with E-state index in [2.05, 4.69) is 25.5 Å². The largest absolute Gasteiger partial charge is 0.264 e. The summed E-state index contributed by atoms with van der Waals surface area (Å²) in [6.07, 6.45) is 6.68. The standard InChI is InChI=1S/C14H11N5/c1-2-6-13-12(5-1)14(17-10-16-13)19-18-9-11-4-3-7-15-8-11/h1-10H,(H,16,17,19). The quantitative estimate of drug-likeness (QED) is 0.572. The number of hydrogen-bond donors (Lipinski definition) is 1. The fourth-order valence-electron chi connectivity index (χ4n) is 1.71. The van der Waals surface area contributed by atoms with Crippen LogP contribution in [0.4, 0.5) is 5.82 Å². The number of hydrazone groups is 1. The Balaban J connectivity index is 1.84. The predicted octanol–water partition coefficient (Wildman–Crippen LogP) is 2.47. The zero-order valence-electron chi connectivity index (χ0n) is 10.1. The molecule has 2 heterocycles. The van der Waals surface area contributed by atoms with Crippen LogP contribution in [0.5, 0.6) is 0 Å². The van der Waals surface area contributed by atoms with Gasteiger partial charge in [-0.05, 0) is 18.2 Å². The van der Waals surface area contributed by atoms with Crippen molar-refractivity contribution in [2.24, 2.45) is 5.10 Å². The molecule has 5 heteroatoms. The van der Waals surface area contributed by atoms with E-state index in [0.717, 1.165) is 16.5 Å². The maximum absolute atomic E-state index is 4.20. The molecule has 0 spiro atoms. The predicted molar refractivity (Wildman–Crippen MR) is 75.0 cm³/mol. The van der Waals surface area contributed by atoms with E-state index in [1.807, 2.05) is 36.4 Å². The molecule has 3 aromatic rings. The van der Waals surface area contributed by atoms with Crippen LogP contribution in [0.3, 0.4) is 0 Å². The molecule has 1 aromatic carbocycles. The SMILES string of the molecule is C(=NNc1ncnc2ccccc12)c1cccnc1. The maximum Gasteiger partial charge on any atom is 0.157 e. The van der Waals surface area contributed by atoms with E-state index in [-0.39, 0.29) is 0 Å². The van der Waals surface area contributed by atoms with Gasteiger partial charge in [0.05, 0.1) is 11.7 Å². The molecule has 0 fully saturated rings. The molecule has 3 rings (SSSR count). The summed E-state index contributed by atoms with van der Waals surface area (Å²) in [4.78, 5) is 12.4. The molecule has 0 radical (unpaired) electrons. The highest BCUT2D eigenvalue weighted by molar-refractivity contribution is 5.89. The van der Waals surface area contributed by atoms with Gasteiger partial charge in [0, 0.05) is 23.3 Å². The van der Waals surface area contributed by atoms with Gasteiger partial charge in [-0.1, -0.05) is 18.2 Å². The minimum absolute atomic E-state index is 0.686. The van der Waals surface area contributed by atoms with E-state index in [0.29, 0.717) is 5.82 Å². The van der Waals surface area contributed by atoms with E-state index in [1.165, 1.54) is 6.33 Å². The van der Waals surface area contributed by atoms with Crippen LogP contribution in [0.25, 0.3) is 10.9 Å². The van der Waals surface area contributed by atoms with Gasteiger partial charge in [0.1, 0.15) is 6.33 Å². The first-order valence-corrected chi connectivity index (χ1v) is 5.82. The summed E-state index contributed by atoms with van der Waals surface area (Å²) in [5, 5.41) is 5.09. The lowest BCUT2D eigenvalue weighted by Crippen LogP contribution is -1.95. The zero-order valence-corrected chi connectivity index (χ0v) is 10.1. The number of rotatable bonds is 3. The third-order valence-electron chi connectivity index (χ3n) is 2.61. The Labute approximate surface area is 110 Å². The van der Waals surface area contributed by atoms with Crippen molar-refractivity contribution in [2.45, 2.75) is 0 Å². The average Bonchev–Trinajstić information content (AvgIpc) is 2.49. The Kier molecular flexibility index (Phi) is 3.10. The first-order valence-electron chi connectivity index (χ1n) is 5.82. The van der Waals surface area contributed by atoms with Gasteiger partial charge < -0.3 is 0 Å². The molecule has 0 amide bonds. The van der Waals surface area contributed by atoms with Gasteiger partial charge in [0.2, 0.25) is 0 Å². The van der Waals surface area contributed by atoms with Crippen molar-refractivity contribution in [3.8, 4) is 0 Å². The number of nitrogens with zero attached hydrogens (tertiary/aromatic N) is 4. The topological polar surface area (TPSA) is 63.1 Å². The van der Waals surface area contributed by atoms with Crippen LogP contribution in [0, 0.1) is 0 Å².